The summed E-state index contributed by atoms with van der Waals surface area (Å²) in [5, 5.41) is 2.69. The lowest BCUT2D eigenvalue weighted by molar-refractivity contribution is -0.176. The number of hydrogen-bond donors (Lipinski definition) is 1. The zero-order chi connectivity index (χ0) is 16.7. The Kier molecular flexibility index (Phi) is 5.64. The Hall–Kier alpha value is -2.48. The quantitative estimate of drug-likeness (QED) is 0.886. The lowest BCUT2D eigenvalue weighted by atomic mass is 10.1. The molecule has 122 valence electrons. The van der Waals surface area contributed by atoms with Gasteiger partial charge < -0.3 is 10.1 Å². The second kappa shape index (κ2) is 7.68. The van der Waals surface area contributed by atoms with E-state index in [1.807, 2.05) is 0 Å². The number of hydrogen-bond acceptors (Lipinski definition) is 4. The lowest BCUT2D eigenvalue weighted by Gasteiger charge is -2.08. The molecule has 23 heavy (non-hydrogen) atoms. The predicted molar refractivity (Wildman–Crippen MR) is 75.4 cm³/mol. The Labute approximate surface area is 130 Å². The molecule has 0 atom stereocenters. The van der Waals surface area contributed by atoms with Crippen molar-refractivity contribution in [3.63, 3.8) is 0 Å². The number of carbonyl (C=O) groups excluding carboxylic acids is 1. The molecule has 0 aliphatic heterocycles. The molecular formula is C15H14F3N3O2. The summed E-state index contributed by atoms with van der Waals surface area (Å²) in [5.41, 5.74) is 1.70. The van der Waals surface area contributed by atoms with E-state index < -0.39 is 12.8 Å². The van der Waals surface area contributed by atoms with Crippen LogP contribution in [0.5, 0.6) is 0 Å². The van der Waals surface area contributed by atoms with Crippen LogP contribution < -0.4 is 5.32 Å². The van der Waals surface area contributed by atoms with Crippen molar-refractivity contribution in [1.82, 2.24) is 15.3 Å². The largest absolute Gasteiger partial charge is 0.411 e. The van der Waals surface area contributed by atoms with E-state index >= 15 is 0 Å². The highest BCUT2D eigenvalue weighted by atomic mass is 19.4. The molecule has 0 aliphatic carbocycles. The third kappa shape index (κ3) is 6.03. The van der Waals surface area contributed by atoms with Crippen molar-refractivity contribution in [2.24, 2.45) is 0 Å². The lowest BCUT2D eigenvalue weighted by Crippen LogP contribution is -2.23. The standard InChI is InChI=1S/C15H14F3N3O2/c16-15(17,18)9-23-8-12-3-1-11(2-4-12)7-20-14(22)13-5-6-19-10-21-13/h1-6,10H,7-9H2,(H,20,22). The number of carbonyl (C=O) groups is 1. The van der Waals surface area contributed by atoms with Gasteiger partial charge in [-0.3, -0.25) is 4.79 Å². The van der Waals surface area contributed by atoms with Gasteiger partial charge in [0.05, 0.1) is 6.61 Å². The summed E-state index contributed by atoms with van der Waals surface area (Å²) in [6, 6.07) is 8.24. The van der Waals surface area contributed by atoms with E-state index in [1.54, 1.807) is 24.3 Å². The van der Waals surface area contributed by atoms with E-state index in [4.69, 9.17) is 0 Å². The van der Waals surface area contributed by atoms with E-state index in [0.717, 1.165) is 5.56 Å². The molecule has 5 nitrogen and oxygen atoms in total. The smallest absolute Gasteiger partial charge is 0.367 e. The van der Waals surface area contributed by atoms with Crippen molar-refractivity contribution in [2.45, 2.75) is 19.3 Å². The van der Waals surface area contributed by atoms with Crippen LogP contribution in [0.25, 0.3) is 0 Å². The van der Waals surface area contributed by atoms with Crippen LogP contribution in [0.3, 0.4) is 0 Å². The van der Waals surface area contributed by atoms with Crippen molar-refractivity contribution in [3.8, 4) is 0 Å². The third-order valence-corrected chi connectivity index (χ3v) is 2.83. The molecule has 0 radical (unpaired) electrons. The molecule has 0 saturated carbocycles. The van der Waals surface area contributed by atoms with Gasteiger partial charge in [0.1, 0.15) is 18.6 Å². The zero-order valence-corrected chi connectivity index (χ0v) is 12.0. The van der Waals surface area contributed by atoms with Crippen molar-refractivity contribution < 1.29 is 22.7 Å². The van der Waals surface area contributed by atoms with E-state index in [-0.39, 0.29) is 24.8 Å². The van der Waals surface area contributed by atoms with Crippen LogP contribution in [0.2, 0.25) is 0 Å². The molecule has 2 rings (SSSR count). The number of aromatic nitrogens is 2. The molecule has 8 heteroatoms. The first-order valence-electron chi connectivity index (χ1n) is 6.70. The van der Waals surface area contributed by atoms with Crippen molar-refractivity contribution in [1.29, 1.82) is 0 Å². The van der Waals surface area contributed by atoms with Crippen molar-refractivity contribution in [3.05, 3.63) is 59.7 Å². The van der Waals surface area contributed by atoms with E-state index in [1.165, 1.54) is 18.6 Å². The minimum Gasteiger partial charge on any atom is -0.367 e. The highest BCUT2D eigenvalue weighted by Crippen LogP contribution is 2.15. The average Bonchev–Trinajstić information content (AvgIpc) is 2.53. The molecule has 0 spiro atoms. The molecule has 1 aromatic carbocycles. The van der Waals surface area contributed by atoms with Crippen LogP contribution >= 0.6 is 0 Å². The van der Waals surface area contributed by atoms with E-state index in [0.29, 0.717) is 5.56 Å². The summed E-state index contributed by atoms with van der Waals surface area (Å²) in [4.78, 5) is 19.3. The monoisotopic (exact) mass is 325 g/mol. The molecule has 1 heterocycles. The fraction of sp³-hybridized carbons (Fsp3) is 0.267. The Morgan fingerprint density at radius 1 is 1.13 bits per heavy atom. The van der Waals surface area contributed by atoms with Crippen LogP contribution in [0.1, 0.15) is 21.6 Å². The van der Waals surface area contributed by atoms with Crippen LogP contribution in [0.4, 0.5) is 13.2 Å². The minimum absolute atomic E-state index is 0.118. The molecule has 1 N–H and O–H groups in total. The molecule has 0 fully saturated rings. The van der Waals surface area contributed by atoms with Gasteiger partial charge >= 0.3 is 6.18 Å². The number of benzene rings is 1. The Balaban J connectivity index is 1.80. The fourth-order valence-electron chi connectivity index (χ4n) is 1.74. The molecular weight excluding hydrogens is 311 g/mol. The first kappa shape index (κ1) is 16.9. The zero-order valence-electron chi connectivity index (χ0n) is 12.0. The van der Waals surface area contributed by atoms with Gasteiger partial charge in [-0.05, 0) is 17.2 Å². The number of nitrogens with zero attached hydrogens (tertiary/aromatic N) is 2. The predicted octanol–water partition coefficient (Wildman–Crippen LogP) is 2.49. The normalized spacial score (nSPS) is 11.3. The van der Waals surface area contributed by atoms with E-state index in [2.05, 4.69) is 20.0 Å². The van der Waals surface area contributed by atoms with Crippen molar-refractivity contribution in [2.75, 3.05) is 6.61 Å². The molecule has 0 aliphatic rings. The van der Waals surface area contributed by atoms with Gasteiger partial charge in [-0.25, -0.2) is 9.97 Å². The summed E-state index contributed by atoms with van der Waals surface area (Å²) in [7, 11) is 0. The number of amides is 1. The van der Waals surface area contributed by atoms with Gasteiger partial charge in [0.25, 0.3) is 5.91 Å². The summed E-state index contributed by atoms with van der Waals surface area (Å²) < 4.78 is 40.5. The van der Waals surface area contributed by atoms with Crippen LogP contribution in [0.15, 0.2) is 42.9 Å². The molecule has 0 bridgehead atoms. The van der Waals surface area contributed by atoms with Gasteiger partial charge in [-0.2, -0.15) is 13.2 Å². The second-order valence-corrected chi connectivity index (χ2v) is 4.70. The molecule has 1 amide bonds. The first-order valence-corrected chi connectivity index (χ1v) is 6.70. The fourth-order valence-corrected chi connectivity index (χ4v) is 1.74. The van der Waals surface area contributed by atoms with Gasteiger partial charge in [0.15, 0.2) is 0 Å². The van der Waals surface area contributed by atoms with Crippen molar-refractivity contribution >= 4 is 5.91 Å². The second-order valence-electron chi connectivity index (χ2n) is 4.70. The maximum atomic E-state index is 12.0. The maximum Gasteiger partial charge on any atom is 0.411 e. The topological polar surface area (TPSA) is 64.1 Å². The molecule has 1 aromatic heterocycles. The number of ether oxygens (including phenoxy) is 1. The van der Waals surface area contributed by atoms with Gasteiger partial charge in [0.2, 0.25) is 0 Å². The highest BCUT2D eigenvalue weighted by Gasteiger charge is 2.27. The minimum atomic E-state index is -4.33. The molecule has 0 unspecified atom stereocenters. The van der Waals surface area contributed by atoms with Gasteiger partial charge in [0, 0.05) is 12.7 Å². The third-order valence-electron chi connectivity index (χ3n) is 2.83. The average molecular weight is 325 g/mol. The molecule has 2 aromatic rings. The van der Waals surface area contributed by atoms with Crippen LogP contribution in [0, 0.1) is 0 Å². The number of rotatable bonds is 6. The summed E-state index contributed by atoms with van der Waals surface area (Å²) >= 11 is 0. The summed E-state index contributed by atoms with van der Waals surface area (Å²) in [6.07, 6.45) is -1.58. The van der Waals surface area contributed by atoms with Crippen LogP contribution in [-0.4, -0.2) is 28.7 Å². The number of alkyl halides is 3. The number of halogens is 3. The highest BCUT2D eigenvalue weighted by molar-refractivity contribution is 5.91. The van der Waals surface area contributed by atoms with Crippen LogP contribution in [-0.2, 0) is 17.9 Å². The molecule has 0 saturated heterocycles. The van der Waals surface area contributed by atoms with Gasteiger partial charge in [-0.1, -0.05) is 24.3 Å². The van der Waals surface area contributed by atoms with E-state index in [9.17, 15) is 18.0 Å². The first-order chi connectivity index (χ1) is 10.9. The Morgan fingerprint density at radius 3 is 2.43 bits per heavy atom. The van der Waals surface area contributed by atoms with Gasteiger partial charge in [-0.15, -0.1) is 0 Å². The SMILES string of the molecule is O=C(NCc1ccc(COCC(F)(F)F)cc1)c1ccncn1. The summed E-state index contributed by atoms with van der Waals surface area (Å²) in [6.45, 7) is -1.11. The summed E-state index contributed by atoms with van der Waals surface area (Å²) in [5.74, 6) is -0.329. The Bertz CT molecular complexity index is 631. The Morgan fingerprint density at radius 2 is 1.83 bits per heavy atom. The maximum absolute atomic E-state index is 12.0. The number of nitrogens with one attached hydrogen (secondary N) is 1.